The largest absolute Gasteiger partial charge is 0.486 e. The molecule has 2 aromatic heterocycles. The molecule has 0 aliphatic carbocycles. The first kappa shape index (κ1) is 20.2. The summed E-state index contributed by atoms with van der Waals surface area (Å²) >= 11 is 1.50. The van der Waals surface area contributed by atoms with E-state index in [-0.39, 0.29) is 41.4 Å². The number of thioether (sulfide) groups is 1. The van der Waals surface area contributed by atoms with Crippen molar-refractivity contribution in [2.45, 2.75) is 24.0 Å². The Hall–Kier alpha value is -2.59. The van der Waals surface area contributed by atoms with Gasteiger partial charge in [-0.15, -0.1) is 11.3 Å². The van der Waals surface area contributed by atoms with E-state index < -0.39 is 11.7 Å². The Bertz CT molecular complexity index is 936. The number of carbonyl (C=O) groups is 1. The van der Waals surface area contributed by atoms with Gasteiger partial charge in [0.15, 0.2) is 0 Å². The van der Waals surface area contributed by atoms with E-state index in [1.165, 1.54) is 53.9 Å². The third-order valence-corrected chi connectivity index (χ3v) is 4.92. The van der Waals surface area contributed by atoms with Gasteiger partial charge in [0.1, 0.15) is 34.8 Å². The number of rotatable bonds is 8. The van der Waals surface area contributed by atoms with Gasteiger partial charge in [0.05, 0.1) is 11.3 Å². The van der Waals surface area contributed by atoms with Gasteiger partial charge in [0.25, 0.3) is 5.76 Å². The fraction of sp³-hybridized carbons (Fsp3) is 0.167. The summed E-state index contributed by atoms with van der Waals surface area (Å²) < 4.78 is 48.6. The molecule has 0 N–H and O–H groups in total. The van der Waals surface area contributed by atoms with Crippen molar-refractivity contribution in [1.29, 1.82) is 0 Å². The first-order valence-electron chi connectivity index (χ1n) is 7.90. The number of hydrogen-bond donors (Lipinski definition) is 0. The molecule has 0 atom stereocenters. The topological polar surface area (TPSA) is 61.3 Å². The number of aromatic nitrogens is 2. The van der Waals surface area contributed by atoms with Gasteiger partial charge >= 0.3 is 5.97 Å². The summed E-state index contributed by atoms with van der Waals surface area (Å²) in [6, 6.07) is 8.45. The van der Waals surface area contributed by atoms with E-state index in [4.69, 9.17) is 9.47 Å². The van der Waals surface area contributed by atoms with Crippen LogP contribution in [0.5, 0.6) is 5.75 Å². The monoisotopic (exact) mass is 426 g/mol. The fourth-order valence-corrected chi connectivity index (χ4v) is 3.36. The SMILES string of the molecule is O=C(OCc1csc(COc2ccc(F)cc2)n1)c1cccnc1SC(F)F. The number of thiazole rings is 1. The number of pyridine rings is 1. The molecule has 0 saturated heterocycles. The van der Waals surface area contributed by atoms with Crippen LogP contribution in [0.25, 0.3) is 0 Å². The van der Waals surface area contributed by atoms with Crippen molar-refractivity contribution in [1.82, 2.24) is 9.97 Å². The molecular weight excluding hydrogens is 413 g/mol. The number of carbonyl (C=O) groups excluding carboxylic acids is 1. The van der Waals surface area contributed by atoms with Crippen LogP contribution in [0.4, 0.5) is 13.2 Å². The summed E-state index contributed by atoms with van der Waals surface area (Å²) in [5.74, 6) is -3.29. The molecule has 0 amide bonds. The first-order valence-corrected chi connectivity index (χ1v) is 9.66. The second-order valence-electron chi connectivity index (χ2n) is 5.29. The summed E-state index contributed by atoms with van der Waals surface area (Å²) in [5, 5.41) is 2.26. The summed E-state index contributed by atoms with van der Waals surface area (Å²) in [6.45, 7) is 0.0710. The van der Waals surface area contributed by atoms with E-state index in [1.807, 2.05) is 0 Å². The van der Waals surface area contributed by atoms with Gasteiger partial charge in [-0.3, -0.25) is 0 Å². The second-order valence-corrected chi connectivity index (χ2v) is 7.21. The van der Waals surface area contributed by atoms with Crippen molar-refractivity contribution in [3.63, 3.8) is 0 Å². The number of alkyl halides is 2. The zero-order valence-corrected chi connectivity index (χ0v) is 15.8. The molecule has 146 valence electrons. The Kier molecular flexibility index (Phi) is 6.88. The van der Waals surface area contributed by atoms with E-state index in [0.29, 0.717) is 16.5 Å². The zero-order chi connectivity index (χ0) is 19.9. The average Bonchev–Trinajstić information content (AvgIpc) is 3.13. The quantitative estimate of drug-likeness (QED) is 0.376. The number of hydrogen-bond acceptors (Lipinski definition) is 7. The zero-order valence-electron chi connectivity index (χ0n) is 14.2. The molecule has 2 heterocycles. The number of nitrogens with zero attached hydrogens (tertiary/aromatic N) is 2. The molecule has 0 fully saturated rings. The highest BCUT2D eigenvalue weighted by Gasteiger charge is 2.18. The molecule has 0 radical (unpaired) electrons. The standard InChI is InChI=1S/C18H13F3N2O3S2/c19-11-3-5-13(6-4-11)25-9-15-23-12(10-27-15)8-26-17(24)14-2-1-7-22-16(14)28-18(20)21/h1-7,10,18H,8-9H2. The minimum absolute atomic E-state index is 0.0251. The lowest BCUT2D eigenvalue weighted by atomic mass is 10.3. The molecule has 5 nitrogen and oxygen atoms in total. The van der Waals surface area contributed by atoms with E-state index in [0.717, 1.165) is 0 Å². The third kappa shape index (κ3) is 5.70. The Morgan fingerprint density at radius 2 is 1.96 bits per heavy atom. The van der Waals surface area contributed by atoms with Gasteiger partial charge in [-0.1, -0.05) is 0 Å². The van der Waals surface area contributed by atoms with E-state index in [9.17, 15) is 18.0 Å². The van der Waals surface area contributed by atoms with Crippen LogP contribution in [0.15, 0.2) is 53.0 Å². The highest BCUT2D eigenvalue weighted by Crippen LogP contribution is 2.27. The number of halogens is 3. The minimum Gasteiger partial charge on any atom is -0.486 e. The molecule has 0 unspecified atom stereocenters. The van der Waals surface area contributed by atoms with E-state index in [2.05, 4.69) is 9.97 Å². The Morgan fingerprint density at radius 1 is 1.18 bits per heavy atom. The Labute approximate surface area is 166 Å². The van der Waals surface area contributed by atoms with Gasteiger partial charge in [-0.05, 0) is 48.2 Å². The summed E-state index contributed by atoms with van der Waals surface area (Å²) in [6.07, 6.45) is 1.33. The first-order chi connectivity index (χ1) is 13.5. The van der Waals surface area contributed by atoms with Crippen LogP contribution in [0.1, 0.15) is 21.1 Å². The van der Waals surface area contributed by atoms with Gasteiger partial charge in [0, 0.05) is 11.6 Å². The highest BCUT2D eigenvalue weighted by atomic mass is 32.2. The number of benzene rings is 1. The maximum atomic E-state index is 12.9. The van der Waals surface area contributed by atoms with Crippen LogP contribution in [0, 0.1) is 5.82 Å². The van der Waals surface area contributed by atoms with Crippen molar-refractivity contribution >= 4 is 29.1 Å². The lowest BCUT2D eigenvalue weighted by Crippen LogP contribution is -2.08. The smallest absolute Gasteiger partial charge is 0.341 e. The third-order valence-electron chi connectivity index (χ3n) is 3.32. The highest BCUT2D eigenvalue weighted by molar-refractivity contribution is 7.99. The van der Waals surface area contributed by atoms with Crippen LogP contribution in [-0.2, 0) is 18.0 Å². The number of ether oxygens (including phenoxy) is 2. The summed E-state index contributed by atoms with van der Waals surface area (Å²) in [5.41, 5.74) is 0.478. The molecule has 1 aromatic carbocycles. The summed E-state index contributed by atoms with van der Waals surface area (Å²) in [4.78, 5) is 20.2. The predicted molar refractivity (Wildman–Crippen MR) is 98.1 cm³/mol. The van der Waals surface area contributed by atoms with Crippen LogP contribution in [-0.4, -0.2) is 21.7 Å². The molecule has 0 spiro atoms. The van der Waals surface area contributed by atoms with Crippen molar-refractivity contribution in [3.05, 3.63) is 70.1 Å². The molecule has 0 aliphatic rings. The van der Waals surface area contributed by atoms with Gasteiger partial charge in [-0.25, -0.2) is 19.2 Å². The predicted octanol–water partition coefficient (Wildman–Crippen LogP) is 4.93. The molecule has 0 aliphatic heterocycles. The van der Waals surface area contributed by atoms with Crippen LogP contribution in [0.3, 0.4) is 0 Å². The van der Waals surface area contributed by atoms with Crippen molar-refractivity contribution in [3.8, 4) is 5.75 Å². The molecule has 28 heavy (non-hydrogen) atoms. The average molecular weight is 426 g/mol. The van der Waals surface area contributed by atoms with E-state index >= 15 is 0 Å². The normalized spacial score (nSPS) is 10.9. The second kappa shape index (κ2) is 9.56. The lowest BCUT2D eigenvalue weighted by Gasteiger charge is -2.07. The Balaban J connectivity index is 1.54. The van der Waals surface area contributed by atoms with Crippen LogP contribution in [0.2, 0.25) is 0 Å². The molecule has 0 saturated carbocycles. The van der Waals surface area contributed by atoms with E-state index in [1.54, 1.807) is 5.38 Å². The number of esters is 1. The van der Waals surface area contributed by atoms with Crippen molar-refractivity contribution < 1.29 is 27.4 Å². The van der Waals surface area contributed by atoms with Crippen molar-refractivity contribution in [2.75, 3.05) is 0 Å². The van der Waals surface area contributed by atoms with Gasteiger partial charge in [0.2, 0.25) is 0 Å². The maximum absolute atomic E-state index is 12.9. The van der Waals surface area contributed by atoms with Gasteiger partial charge < -0.3 is 9.47 Å². The lowest BCUT2D eigenvalue weighted by molar-refractivity contribution is 0.0463. The van der Waals surface area contributed by atoms with Gasteiger partial charge in [-0.2, -0.15) is 8.78 Å². The van der Waals surface area contributed by atoms with Crippen molar-refractivity contribution in [2.24, 2.45) is 0 Å². The Morgan fingerprint density at radius 3 is 2.71 bits per heavy atom. The fourth-order valence-electron chi connectivity index (χ4n) is 2.10. The summed E-state index contributed by atoms with van der Waals surface area (Å²) in [7, 11) is 0. The molecular formula is C18H13F3N2O3S2. The molecule has 0 bridgehead atoms. The maximum Gasteiger partial charge on any atom is 0.341 e. The molecule has 3 aromatic rings. The van der Waals surface area contributed by atoms with Crippen LogP contribution >= 0.6 is 23.1 Å². The van der Waals surface area contributed by atoms with Crippen LogP contribution < -0.4 is 4.74 Å². The minimum atomic E-state index is -2.69. The molecule has 3 rings (SSSR count). The molecule has 10 heteroatoms.